The molecule has 0 aromatic carbocycles. The van der Waals surface area contributed by atoms with Crippen molar-refractivity contribution in [2.75, 3.05) is 66.1 Å². The van der Waals surface area contributed by atoms with Crippen molar-refractivity contribution >= 4 is 35.5 Å². The molecule has 45 atom stereocenters. The summed E-state index contributed by atoms with van der Waals surface area (Å²) in [7, 11) is 0. The molecule has 0 unspecified atom stereocenters. The van der Waals surface area contributed by atoms with Crippen molar-refractivity contribution < 1.29 is 242 Å². The number of ether oxygens (including phenoxy) is 16. The highest BCUT2D eigenvalue weighted by Crippen LogP contribution is 2.41. The van der Waals surface area contributed by atoms with E-state index in [4.69, 9.17) is 75.8 Å². The molecule has 5 amide bonds. The van der Waals surface area contributed by atoms with Gasteiger partial charge in [-0.3, -0.25) is 24.0 Å². The van der Waals surface area contributed by atoms with E-state index >= 15 is 0 Å². The van der Waals surface area contributed by atoms with Crippen molar-refractivity contribution in [3.05, 3.63) is 0 Å². The molecule has 0 saturated carbocycles. The highest BCUT2D eigenvalue weighted by molar-refractivity contribution is 5.77. The molecule has 0 radical (unpaired) electrons. The van der Waals surface area contributed by atoms with E-state index in [9.17, 15) is 167 Å². The topological polar surface area (TPSA) is 856 Å². The molecule has 0 spiro atoms. The number of hydrogen-bond acceptors (Lipinski definition) is 48. The zero-order valence-electron chi connectivity index (χ0n) is 65.2. The lowest BCUT2D eigenvalue weighted by Crippen LogP contribution is -2.71. The monoisotopic (exact) mass is 1770 g/mol. The predicted octanol–water partition coefficient (Wildman–Crippen LogP) is -21.1. The summed E-state index contributed by atoms with van der Waals surface area (Å²) in [5.74, 6) is -9.63. The largest absolute Gasteiger partial charge is 0.477 e. The molecular formula is C67H113N5O49. The summed E-state index contributed by atoms with van der Waals surface area (Å²) >= 11 is 0. The van der Waals surface area contributed by atoms with Gasteiger partial charge >= 0.3 is 5.97 Å². The molecule has 54 nitrogen and oxygen atoms in total. The second-order valence-corrected chi connectivity index (χ2v) is 30.1. The SMILES string of the molecule is CC(=O)N[C@H]1[C@H](O[C@H]2[C@@H](O)[C@@H](CO)O[C@@H](O[C@H]3[C@H](O)[C@@H](NC(C)=O)[C@H](O[C@H]4[C@@H](O)[C@@H](CO)O[C@@H](O[C@H]5[C@H](O)[C@@H](NC(C)=O)[C@H](O[C@H]6[C@@H](O)[C@@H](CO)O[C@@H](O[C@@H]([C@@H](O)[C@H](O)CO)[C@H](CO)NC(C)=O)[C@@H]6O)O[C@@H]5CO)[C@@H]4O)O[C@@H]3CO)[C@@H]2O)O[C@H](CO)[C@@H](O[C@@H]2O[C@H](CO[C@]3(C(=O)O)C[C@H](O)[C@@H](NC(C)=O)[C@H]([C@H](O)[C@H](O)CO)O3)[C@H](O)[C@H](O)[C@H]2O)[C@@H]1O. The van der Waals surface area contributed by atoms with Gasteiger partial charge in [0.25, 0.3) is 5.79 Å². The van der Waals surface area contributed by atoms with Gasteiger partial charge in [0, 0.05) is 41.0 Å². The Bertz CT molecular complexity index is 3290. The first-order chi connectivity index (χ1) is 57.0. The number of carbonyl (C=O) groups is 6. The van der Waals surface area contributed by atoms with Gasteiger partial charge in [-0.2, -0.15) is 0 Å². The molecule has 700 valence electrons. The second kappa shape index (κ2) is 44.7. The minimum Gasteiger partial charge on any atom is -0.477 e. The van der Waals surface area contributed by atoms with E-state index < -0.39 is 383 Å². The standard InChI is InChI=1S/C67H113N5O49/c1-17(82)68-22(7-73)51(37(90)24(88)8-74)114-63-48(101)56(40(93)26(10-76)107-63)118-60-35(71-20(4)85)44(97)53(30(14-80)111-60)116-65-50(103)58(42(95)28(12-78)109-65)120-61-36(72-21(5)86)45(98)54(31(15-81)112-61)117-64-49(102)57(41(94)27(11-77)108-64)119-59-34(70-19(3)84)43(96)52(29(13-79)110-59)115-62-47(100)46(99)39(92)32(113-62)16-106-67(66(104)105)6-23(87)33(69-18(2)83)55(121-67)38(91)25(89)9-75/h22-65,73-81,87-103H,6-16H2,1-5H3,(H,68,82)(H,69,83)(H,70,84)(H,71,85)(H,72,86)(H,104,105)/t22-,23-,24+,25+,26+,27+,28+,29+,30+,31+,32+,33+,34+,35+,36+,37-,38+,39-,40-,41-,42-,43+,44+,45+,46-,47+,48+,49+,50+,51+,52+,53+,54+,55+,56-,57-,58-,59-,60-,61-,62-,63-,64-,65-,67+/m0/s1. The fourth-order valence-electron chi connectivity index (χ4n) is 15.2. The number of aliphatic hydroxyl groups is 26. The summed E-state index contributed by atoms with van der Waals surface area (Å²) in [6.45, 7) is -6.72. The van der Waals surface area contributed by atoms with Crippen molar-refractivity contribution in [3.63, 3.8) is 0 Å². The minimum absolute atomic E-state index is 0.808. The molecular weight excluding hydrogens is 1660 g/mol. The zero-order valence-corrected chi connectivity index (χ0v) is 65.2. The van der Waals surface area contributed by atoms with Crippen molar-refractivity contribution in [3.8, 4) is 0 Å². The van der Waals surface area contributed by atoms with E-state index in [2.05, 4.69) is 26.6 Å². The first-order valence-electron chi connectivity index (χ1n) is 38.2. The van der Waals surface area contributed by atoms with Gasteiger partial charge in [-0.05, 0) is 0 Å². The Morgan fingerprint density at radius 3 is 1.03 bits per heavy atom. The molecule has 0 aromatic rings. The number of rotatable bonds is 37. The van der Waals surface area contributed by atoms with Crippen LogP contribution in [0.1, 0.15) is 41.0 Å². The van der Waals surface area contributed by atoms with Gasteiger partial charge in [0.2, 0.25) is 29.5 Å². The molecule has 32 N–H and O–H groups in total. The first-order valence-corrected chi connectivity index (χ1v) is 38.2. The zero-order chi connectivity index (χ0) is 90.0. The Morgan fingerprint density at radius 2 is 0.694 bits per heavy atom. The maximum atomic E-state index is 13.0. The number of carboxylic acid groups (broad SMARTS) is 1. The number of hydrogen-bond donors (Lipinski definition) is 32. The third-order valence-electron chi connectivity index (χ3n) is 21.4. The summed E-state index contributed by atoms with van der Waals surface area (Å²) in [5, 5.41) is 309. The highest BCUT2D eigenvalue weighted by Gasteiger charge is 2.62. The minimum atomic E-state index is -3.05. The van der Waals surface area contributed by atoms with Crippen LogP contribution in [0.3, 0.4) is 0 Å². The lowest BCUT2D eigenvalue weighted by molar-refractivity contribution is -0.388. The van der Waals surface area contributed by atoms with Gasteiger partial charge in [-0.1, -0.05) is 0 Å². The summed E-state index contributed by atoms with van der Waals surface area (Å²) in [6, 6.07) is -9.17. The van der Waals surface area contributed by atoms with Crippen LogP contribution in [0.5, 0.6) is 0 Å². The van der Waals surface area contributed by atoms with Crippen LogP contribution in [-0.2, 0) is 105 Å². The molecule has 8 heterocycles. The predicted molar refractivity (Wildman–Crippen MR) is 374 cm³/mol. The van der Waals surface area contributed by atoms with E-state index in [1.165, 1.54) is 0 Å². The Balaban J connectivity index is 0.975. The van der Waals surface area contributed by atoms with E-state index in [1.807, 2.05) is 0 Å². The summed E-state index contributed by atoms with van der Waals surface area (Å²) in [4.78, 5) is 75.9. The maximum absolute atomic E-state index is 13.0. The first kappa shape index (κ1) is 102. The smallest absolute Gasteiger partial charge is 0.364 e. The van der Waals surface area contributed by atoms with Crippen LogP contribution in [0, 0.1) is 0 Å². The van der Waals surface area contributed by atoms with Gasteiger partial charge in [0.15, 0.2) is 44.0 Å². The van der Waals surface area contributed by atoms with E-state index in [0.29, 0.717) is 0 Å². The highest BCUT2D eigenvalue weighted by atomic mass is 16.8. The normalized spacial score (nSPS) is 43.9. The second-order valence-electron chi connectivity index (χ2n) is 30.1. The quantitative estimate of drug-likeness (QED) is 0.0275. The number of carbonyl (C=O) groups excluding carboxylic acids is 5. The lowest BCUT2D eigenvalue weighted by atomic mass is 9.88. The molecule has 54 heteroatoms. The summed E-state index contributed by atoms with van der Waals surface area (Å²) in [6.07, 6.45) is -84.1. The maximum Gasteiger partial charge on any atom is 0.364 e. The van der Waals surface area contributed by atoms with Gasteiger partial charge < -0.3 is 240 Å². The fourth-order valence-corrected chi connectivity index (χ4v) is 15.2. The van der Waals surface area contributed by atoms with E-state index in [-0.39, 0.29) is 0 Å². The van der Waals surface area contributed by atoms with Crippen molar-refractivity contribution in [2.24, 2.45) is 0 Å². The van der Waals surface area contributed by atoms with Crippen LogP contribution in [0.15, 0.2) is 0 Å². The number of amides is 5. The molecule has 8 rings (SSSR count). The Kier molecular flexibility index (Phi) is 37.5. The third-order valence-corrected chi connectivity index (χ3v) is 21.4. The Morgan fingerprint density at radius 1 is 0.364 bits per heavy atom. The number of aliphatic carboxylic acids is 1. The number of nitrogens with one attached hydrogen (secondary N) is 5. The molecule has 8 fully saturated rings. The van der Waals surface area contributed by atoms with Crippen molar-refractivity contribution in [1.29, 1.82) is 0 Å². The molecule has 0 aromatic heterocycles. The third kappa shape index (κ3) is 23.4. The van der Waals surface area contributed by atoms with Gasteiger partial charge in [-0.15, -0.1) is 0 Å². The fraction of sp³-hybridized carbons (Fsp3) is 0.910. The van der Waals surface area contributed by atoms with Gasteiger partial charge in [-0.25, -0.2) is 4.79 Å². The van der Waals surface area contributed by atoms with Crippen LogP contribution in [-0.4, -0.2) is 515 Å². The molecule has 8 aliphatic heterocycles. The average molecular weight is 1770 g/mol. The lowest BCUT2D eigenvalue weighted by Gasteiger charge is -2.51. The average Bonchev–Trinajstić information content (AvgIpc) is 0.770. The Hall–Kier alpha value is -4.86. The van der Waals surface area contributed by atoms with E-state index in [0.717, 1.165) is 34.6 Å². The van der Waals surface area contributed by atoms with Crippen LogP contribution in [0.25, 0.3) is 0 Å². The Labute approximate surface area is 685 Å². The molecule has 8 saturated heterocycles. The number of carboxylic acids is 1. The molecule has 0 aliphatic carbocycles. The van der Waals surface area contributed by atoms with Gasteiger partial charge in [0.05, 0.1) is 84.3 Å². The van der Waals surface area contributed by atoms with E-state index in [1.54, 1.807) is 0 Å². The van der Waals surface area contributed by atoms with Crippen molar-refractivity contribution in [1.82, 2.24) is 26.6 Å². The molecule has 121 heavy (non-hydrogen) atoms. The summed E-state index contributed by atoms with van der Waals surface area (Å²) in [5.41, 5.74) is 0. The molecule has 8 aliphatic rings. The van der Waals surface area contributed by atoms with Crippen LogP contribution in [0.4, 0.5) is 0 Å². The number of aliphatic hydroxyl groups excluding tert-OH is 26. The van der Waals surface area contributed by atoms with Crippen LogP contribution < -0.4 is 26.6 Å². The van der Waals surface area contributed by atoms with Crippen LogP contribution >= 0.6 is 0 Å². The molecule has 0 bridgehead atoms. The van der Waals surface area contributed by atoms with Crippen LogP contribution in [0.2, 0.25) is 0 Å². The van der Waals surface area contributed by atoms with Gasteiger partial charge in [0.1, 0.15) is 207 Å². The summed E-state index contributed by atoms with van der Waals surface area (Å²) < 4.78 is 93.4. The van der Waals surface area contributed by atoms with Crippen molar-refractivity contribution in [2.45, 2.75) is 316 Å².